The number of fused-ring (bicyclic) bond motifs is 14. The van der Waals surface area contributed by atoms with Gasteiger partial charge < -0.3 is 4.74 Å². The molecule has 0 amide bonds. The van der Waals surface area contributed by atoms with Gasteiger partial charge in [0.2, 0.25) is 0 Å². The number of hydrogen-bond acceptors (Lipinski definition) is 2. The van der Waals surface area contributed by atoms with Crippen LogP contribution in [0.5, 0.6) is 0 Å². The van der Waals surface area contributed by atoms with Gasteiger partial charge in [0.15, 0.2) is 0 Å². The lowest BCUT2D eigenvalue weighted by atomic mass is 9.60. The molecule has 2 heteroatoms. The molecule has 0 spiro atoms. The highest BCUT2D eigenvalue weighted by Crippen LogP contribution is 2.75. The van der Waals surface area contributed by atoms with Crippen LogP contribution in [0.3, 0.4) is 0 Å². The Balaban J connectivity index is 1.12. The lowest BCUT2D eigenvalue weighted by Crippen LogP contribution is -2.46. The minimum absolute atomic E-state index is 0.0892. The highest BCUT2D eigenvalue weighted by Gasteiger charge is 2.71. The van der Waals surface area contributed by atoms with Crippen LogP contribution >= 0.6 is 0 Å². The van der Waals surface area contributed by atoms with E-state index in [-0.39, 0.29) is 17.5 Å². The fourth-order valence-corrected chi connectivity index (χ4v) is 12.2. The van der Waals surface area contributed by atoms with E-state index in [9.17, 15) is 4.79 Å². The minimum Gasteiger partial charge on any atom is -0.459 e. The van der Waals surface area contributed by atoms with Crippen molar-refractivity contribution in [2.75, 3.05) is 0 Å². The zero-order valence-electron chi connectivity index (χ0n) is 20.1. The standard InChI is InChI=1S/C29H44O2/c1-4-16-10-17(5-2)25-23-13-22(24(16)25)26-18-11-20(27(23)26)21(12-18)28(30)31-29(6-3)14-15-7-8-19(29)9-15/h15-27H,4-14H2,1-3H3. The van der Waals surface area contributed by atoms with Gasteiger partial charge in [0.1, 0.15) is 5.60 Å². The Morgan fingerprint density at radius 1 is 0.806 bits per heavy atom. The second-order valence-electron chi connectivity index (χ2n) is 13.4. The maximum Gasteiger partial charge on any atom is 0.309 e. The number of carbonyl (C=O) groups excluding carboxylic acids is 1. The molecule has 14 unspecified atom stereocenters. The molecule has 0 aromatic carbocycles. The van der Waals surface area contributed by atoms with Crippen molar-refractivity contribution in [3.05, 3.63) is 0 Å². The molecule has 7 rings (SSSR count). The van der Waals surface area contributed by atoms with Gasteiger partial charge in [-0.1, -0.05) is 33.6 Å². The van der Waals surface area contributed by atoms with Gasteiger partial charge in [-0.15, -0.1) is 0 Å². The molecule has 7 saturated carbocycles. The zero-order chi connectivity index (χ0) is 21.1. The van der Waals surface area contributed by atoms with E-state index in [0.29, 0.717) is 11.8 Å². The molecule has 0 radical (unpaired) electrons. The molecule has 7 aliphatic rings. The Labute approximate surface area is 189 Å². The second-order valence-corrected chi connectivity index (χ2v) is 13.4. The molecule has 6 bridgehead atoms. The van der Waals surface area contributed by atoms with E-state index in [0.717, 1.165) is 72.0 Å². The van der Waals surface area contributed by atoms with Crippen LogP contribution in [0, 0.1) is 76.9 Å². The van der Waals surface area contributed by atoms with E-state index < -0.39 is 0 Å². The lowest BCUT2D eigenvalue weighted by molar-refractivity contribution is -0.175. The molecule has 7 aliphatic carbocycles. The largest absolute Gasteiger partial charge is 0.459 e. The second kappa shape index (κ2) is 6.75. The SMILES string of the molecule is CCC1CC(CC)C2C3CC(C12)C1C2CC(C(=O)OC4(CC)CC5CCC4C5)C(C2)C31. The normalized spacial score (nSPS) is 60.0. The number of carbonyl (C=O) groups is 1. The first kappa shape index (κ1) is 19.9. The number of esters is 1. The maximum absolute atomic E-state index is 13.7. The number of rotatable bonds is 5. The van der Waals surface area contributed by atoms with Crippen LogP contribution in [-0.4, -0.2) is 11.6 Å². The van der Waals surface area contributed by atoms with Crippen molar-refractivity contribution >= 4 is 5.97 Å². The van der Waals surface area contributed by atoms with Gasteiger partial charge >= 0.3 is 5.97 Å². The average Bonchev–Trinajstić information content (AvgIpc) is 3.59. The van der Waals surface area contributed by atoms with Crippen LogP contribution in [0.15, 0.2) is 0 Å². The first-order valence-corrected chi connectivity index (χ1v) is 14.3. The van der Waals surface area contributed by atoms with Gasteiger partial charge in [-0.3, -0.25) is 4.79 Å². The van der Waals surface area contributed by atoms with Crippen molar-refractivity contribution in [1.29, 1.82) is 0 Å². The summed E-state index contributed by atoms with van der Waals surface area (Å²) in [6.45, 7) is 7.18. The monoisotopic (exact) mass is 424 g/mol. The molecule has 31 heavy (non-hydrogen) atoms. The van der Waals surface area contributed by atoms with E-state index in [1.54, 1.807) is 0 Å². The molecule has 0 heterocycles. The van der Waals surface area contributed by atoms with E-state index in [2.05, 4.69) is 20.8 Å². The number of hydrogen-bond donors (Lipinski definition) is 0. The summed E-state index contributed by atoms with van der Waals surface area (Å²) >= 11 is 0. The van der Waals surface area contributed by atoms with Crippen LogP contribution in [0.4, 0.5) is 0 Å². The third-order valence-corrected chi connectivity index (χ3v) is 13.0. The summed E-state index contributed by atoms with van der Waals surface area (Å²) in [5.41, 5.74) is -0.0892. The van der Waals surface area contributed by atoms with Crippen LogP contribution < -0.4 is 0 Å². The quantitative estimate of drug-likeness (QED) is 0.361. The van der Waals surface area contributed by atoms with Crippen molar-refractivity contribution < 1.29 is 9.53 Å². The highest BCUT2D eigenvalue weighted by atomic mass is 16.6. The summed E-state index contributed by atoms with van der Waals surface area (Å²) in [5, 5.41) is 0. The van der Waals surface area contributed by atoms with Gasteiger partial charge in [-0.2, -0.15) is 0 Å². The molecule has 0 aromatic heterocycles. The van der Waals surface area contributed by atoms with Crippen LogP contribution in [0.1, 0.15) is 91.4 Å². The summed E-state index contributed by atoms with van der Waals surface area (Å²) in [5.74, 6) is 11.4. The summed E-state index contributed by atoms with van der Waals surface area (Å²) in [6, 6.07) is 0. The van der Waals surface area contributed by atoms with E-state index in [1.165, 1.54) is 57.8 Å². The van der Waals surface area contributed by atoms with E-state index >= 15 is 0 Å². The third kappa shape index (κ3) is 2.44. The van der Waals surface area contributed by atoms with Crippen LogP contribution in [0.25, 0.3) is 0 Å². The molecule has 14 atom stereocenters. The Bertz CT molecular complexity index is 760. The number of ether oxygens (including phenoxy) is 1. The Morgan fingerprint density at radius 3 is 2.16 bits per heavy atom. The Morgan fingerprint density at radius 2 is 1.55 bits per heavy atom. The Hall–Kier alpha value is -0.530. The molecule has 172 valence electrons. The topological polar surface area (TPSA) is 26.3 Å². The molecule has 0 N–H and O–H groups in total. The van der Waals surface area contributed by atoms with Crippen molar-refractivity contribution in [2.45, 2.75) is 97.0 Å². The molecular weight excluding hydrogens is 380 g/mol. The predicted octanol–water partition coefficient (Wildman–Crippen LogP) is 6.73. The summed E-state index contributed by atoms with van der Waals surface area (Å²) in [4.78, 5) is 13.7. The van der Waals surface area contributed by atoms with Gasteiger partial charge in [0.05, 0.1) is 5.92 Å². The molecule has 0 saturated heterocycles. The van der Waals surface area contributed by atoms with Crippen molar-refractivity contribution in [1.82, 2.24) is 0 Å². The van der Waals surface area contributed by atoms with E-state index in [4.69, 9.17) is 4.74 Å². The van der Waals surface area contributed by atoms with Crippen LogP contribution in [-0.2, 0) is 9.53 Å². The van der Waals surface area contributed by atoms with Crippen molar-refractivity contribution in [3.8, 4) is 0 Å². The average molecular weight is 425 g/mol. The molecule has 7 fully saturated rings. The molecule has 0 aromatic rings. The fraction of sp³-hybridized carbons (Fsp3) is 0.966. The summed E-state index contributed by atoms with van der Waals surface area (Å²) < 4.78 is 6.57. The molecule has 2 nitrogen and oxygen atoms in total. The third-order valence-electron chi connectivity index (χ3n) is 13.0. The van der Waals surface area contributed by atoms with Crippen molar-refractivity contribution in [3.63, 3.8) is 0 Å². The highest BCUT2D eigenvalue weighted by molar-refractivity contribution is 5.74. The first-order valence-electron chi connectivity index (χ1n) is 14.3. The molecule has 0 aliphatic heterocycles. The minimum atomic E-state index is -0.0892. The van der Waals surface area contributed by atoms with Gasteiger partial charge in [0.25, 0.3) is 0 Å². The molecular formula is C29H44O2. The van der Waals surface area contributed by atoms with Gasteiger partial charge in [0, 0.05) is 0 Å². The zero-order valence-corrected chi connectivity index (χ0v) is 20.1. The van der Waals surface area contributed by atoms with Gasteiger partial charge in [-0.25, -0.2) is 0 Å². The van der Waals surface area contributed by atoms with Gasteiger partial charge in [-0.05, 0) is 129 Å². The van der Waals surface area contributed by atoms with Crippen molar-refractivity contribution in [2.24, 2.45) is 76.9 Å². The fourth-order valence-electron chi connectivity index (χ4n) is 12.2. The first-order chi connectivity index (χ1) is 15.1. The predicted molar refractivity (Wildman–Crippen MR) is 122 cm³/mol. The lowest BCUT2D eigenvalue weighted by Gasteiger charge is -2.45. The van der Waals surface area contributed by atoms with Crippen LogP contribution in [0.2, 0.25) is 0 Å². The van der Waals surface area contributed by atoms with E-state index in [1.807, 2.05) is 0 Å². The summed E-state index contributed by atoms with van der Waals surface area (Å²) in [6.07, 6.45) is 14.6. The Kier molecular flexibility index (Phi) is 4.33. The maximum atomic E-state index is 13.7. The smallest absolute Gasteiger partial charge is 0.309 e. The summed E-state index contributed by atoms with van der Waals surface area (Å²) in [7, 11) is 0.